The van der Waals surface area contributed by atoms with Gasteiger partial charge >= 0.3 is 0 Å². The van der Waals surface area contributed by atoms with Gasteiger partial charge in [0.2, 0.25) is 15.9 Å². The number of carbonyl (C=O) groups excluding carboxylic acids is 1. The molecule has 2 aromatic rings. The van der Waals surface area contributed by atoms with Crippen molar-refractivity contribution in [3.8, 4) is 0 Å². The predicted molar refractivity (Wildman–Crippen MR) is 120 cm³/mol. The van der Waals surface area contributed by atoms with Gasteiger partial charge in [-0.05, 0) is 37.6 Å². The first-order valence-corrected chi connectivity index (χ1v) is 12.4. The predicted octanol–water partition coefficient (Wildman–Crippen LogP) is 3.36. The molecule has 10 heteroatoms. The van der Waals surface area contributed by atoms with Crippen molar-refractivity contribution in [3.05, 3.63) is 42.7 Å². The number of benzene rings is 1. The fourth-order valence-corrected chi connectivity index (χ4v) is 4.56. The van der Waals surface area contributed by atoms with Gasteiger partial charge in [-0.3, -0.25) is 4.79 Å². The summed E-state index contributed by atoms with van der Waals surface area (Å²) in [7, 11) is -3.54. The third kappa shape index (κ3) is 7.26. The second-order valence-corrected chi connectivity index (χ2v) is 9.46. The van der Waals surface area contributed by atoms with Crippen LogP contribution in [0.2, 0.25) is 0 Å². The van der Waals surface area contributed by atoms with Crippen LogP contribution in [0, 0.1) is 6.92 Å². The van der Waals surface area contributed by atoms with Gasteiger partial charge in [0, 0.05) is 18.8 Å². The molecule has 1 amide bonds. The van der Waals surface area contributed by atoms with Crippen LogP contribution >= 0.6 is 11.8 Å². The van der Waals surface area contributed by atoms with Crippen LogP contribution in [0.3, 0.4) is 0 Å². The van der Waals surface area contributed by atoms with Crippen molar-refractivity contribution in [1.82, 2.24) is 19.5 Å². The van der Waals surface area contributed by atoms with Gasteiger partial charge in [-0.15, -0.1) is 16.8 Å². The van der Waals surface area contributed by atoms with Crippen molar-refractivity contribution in [3.63, 3.8) is 0 Å². The lowest BCUT2D eigenvalue weighted by atomic mass is 10.2. The number of carbonyl (C=O) groups is 1. The van der Waals surface area contributed by atoms with Crippen LogP contribution < -0.4 is 10.0 Å². The SMILES string of the molecule is C=CCn1c(C)nnc1SCC(=O)Nc1ccc(S(=O)(=O)NCCCCCC)cc1. The lowest BCUT2D eigenvalue weighted by Crippen LogP contribution is -2.24. The molecule has 1 aromatic heterocycles. The van der Waals surface area contributed by atoms with Gasteiger partial charge in [-0.2, -0.15) is 0 Å². The average molecular weight is 452 g/mol. The van der Waals surface area contributed by atoms with Crippen LogP contribution in [0.15, 0.2) is 47.0 Å². The Morgan fingerprint density at radius 3 is 2.60 bits per heavy atom. The fraction of sp³-hybridized carbons (Fsp3) is 0.450. The van der Waals surface area contributed by atoms with Crippen LogP contribution in [-0.4, -0.2) is 41.4 Å². The highest BCUT2D eigenvalue weighted by Gasteiger charge is 2.14. The monoisotopic (exact) mass is 451 g/mol. The van der Waals surface area contributed by atoms with Gasteiger partial charge in [0.25, 0.3) is 0 Å². The van der Waals surface area contributed by atoms with Crippen molar-refractivity contribution >= 4 is 33.4 Å². The van der Waals surface area contributed by atoms with E-state index in [4.69, 9.17) is 0 Å². The molecule has 0 aliphatic rings. The van der Waals surface area contributed by atoms with Crippen molar-refractivity contribution < 1.29 is 13.2 Å². The number of sulfonamides is 1. The molecule has 0 aliphatic heterocycles. The van der Waals surface area contributed by atoms with E-state index in [1.54, 1.807) is 18.2 Å². The first-order chi connectivity index (χ1) is 14.4. The highest BCUT2D eigenvalue weighted by atomic mass is 32.2. The molecule has 0 saturated carbocycles. The number of anilines is 1. The summed E-state index contributed by atoms with van der Waals surface area (Å²) in [6, 6.07) is 6.14. The highest BCUT2D eigenvalue weighted by molar-refractivity contribution is 7.99. The minimum absolute atomic E-state index is 0.161. The van der Waals surface area contributed by atoms with Gasteiger partial charge in [0.15, 0.2) is 5.16 Å². The number of rotatable bonds is 13. The number of nitrogens with zero attached hydrogens (tertiary/aromatic N) is 3. The number of nitrogens with one attached hydrogen (secondary N) is 2. The summed E-state index contributed by atoms with van der Waals surface area (Å²) in [5, 5.41) is 11.5. The summed E-state index contributed by atoms with van der Waals surface area (Å²) in [4.78, 5) is 12.4. The molecule has 30 heavy (non-hydrogen) atoms. The van der Waals surface area contributed by atoms with E-state index in [1.807, 2.05) is 11.5 Å². The number of aryl methyl sites for hydroxylation is 1. The van der Waals surface area contributed by atoms with E-state index in [2.05, 4.69) is 33.7 Å². The molecule has 164 valence electrons. The Balaban J connectivity index is 1.86. The highest BCUT2D eigenvalue weighted by Crippen LogP contribution is 2.18. The molecule has 0 fully saturated rings. The molecule has 0 aliphatic carbocycles. The second-order valence-electron chi connectivity index (χ2n) is 6.75. The molecular formula is C20H29N5O3S2. The number of allylic oxidation sites excluding steroid dienone is 1. The third-order valence-corrected chi connectivity index (χ3v) is 6.76. The van der Waals surface area contributed by atoms with Crippen molar-refractivity contribution in [2.45, 2.75) is 56.1 Å². The first kappa shape index (κ1) is 24.1. The Morgan fingerprint density at radius 1 is 1.20 bits per heavy atom. The maximum Gasteiger partial charge on any atom is 0.240 e. The maximum atomic E-state index is 12.3. The zero-order valence-corrected chi connectivity index (χ0v) is 19.1. The van der Waals surface area contributed by atoms with E-state index in [0.717, 1.165) is 31.5 Å². The molecule has 0 radical (unpaired) electrons. The molecule has 8 nitrogen and oxygen atoms in total. The molecule has 0 unspecified atom stereocenters. The molecular weight excluding hydrogens is 422 g/mol. The Labute approximate surface area is 182 Å². The van der Waals surface area contributed by atoms with Gasteiger partial charge in [0.05, 0.1) is 10.6 Å². The molecule has 0 saturated heterocycles. The minimum atomic E-state index is -3.54. The lowest BCUT2D eigenvalue weighted by Gasteiger charge is -2.09. The number of hydrogen-bond acceptors (Lipinski definition) is 6. The number of aromatic nitrogens is 3. The number of thioether (sulfide) groups is 1. The summed E-state index contributed by atoms with van der Waals surface area (Å²) >= 11 is 1.28. The average Bonchev–Trinajstić information content (AvgIpc) is 3.06. The fourth-order valence-electron chi connectivity index (χ4n) is 2.69. The van der Waals surface area contributed by atoms with E-state index < -0.39 is 10.0 Å². The molecule has 0 bridgehead atoms. The minimum Gasteiger partial charge on any atom is -0.325 e. The van der Waals surface area contributed by atoms with Crippen molar-refractivity contribution in [2.75, 3.05) is 17.6 Å². The summed E-state index contributed by atoms with van der Waals surface area (Å²) in [5.41, 5.74) is 0.534. The Hall–Kier alpha value is -2.17. The Morgan fingerprint density at radius 2 is 1.93 bits per heavy atom. The number of hydrogen-bond donors (Lipinski definition) is 2. The number of unbranched alkanes of at least 4 members (excludes halogenated alkanes) is 3. The molecule has 1 aromatic carbocycles. The zero-order chi connectivity index (χ0) is 22.0. The smallest absolute Gasteiger partial charge is 0.240 e. The van der Waals surface area contributed by atoms with Crippen molar-refractivity contribution in [2.24, 2.45) is 0 Å². The Bertz CT molecular complexity index is 940. The van der Waals surface area contributed by atoms with Crippen LogP contribution in [0.1, 0.15) is 38.4 Å². The topological polar surface area (TPSA) is 106 Å². The summed E-state index contributed by atoms with van der Waals surface area (Å²) in [6.07, 6.45) is 5.77. The van der Waals surface area contributed by atoms with Crippen LogP contribution in [0.4, 0.5) is 5.69 Å². The summed E-state index contributed by atoms with van der Waals surface area (Å²) in [6.45, 7) is 8.66. The van der Waals surface area contributed by atoms with Gasteiger partial charge in [-0.1, -0.05) is 44.0 Å². The zero-order valence-electron chi connectivity index (χ0n) is 17.4. The van der Waals surface area contributed by atoms with Crippen molar-refractivity contribution in [1.29, 1.82) is 0 Å². The van der Waals surface area contributed by atoms with Crippen LogP contribution in [0.5, 0.6) is 0 Å². The molecule has 0 atom stereocenters. The molecule has 0 spiro atoms. The molecule has 1 heterocycles. The second kappa shape index (κ2) is 11.9. The van der Waals surface area contributed by atoms with E-state index in [9.17, 15) is 13.2 Å². The van der Waals surface area contributed by atoms with E-state index in [-0.39, 0.29) is 16.6 Å². The van der Waals surface area contributed by atoms with E-state index >= 15 is 0 Å². The van der Waals surface area contributed by atoms with Gasteiger partial charge in [0.1, 0.15) is 5.82 Å². The molecule has 2 N–H and O–H groups in total. The van der Waals surface area contributed by atoms with E-state index in [1.165, 1.54) is 23.9 Å². The number of amides is 1. The largest absolute Gasteiger partial charge is 0.325 e. The van der Waals surface area contributed by atoms with Crippen LogP contribution in [-0.2, 0) is 21.4 Å². The Kier molecular flexibility index (Phi) is 9.54. The maximum absolute atomic E-state index is 12.3. The molecule has 2 rings (SSSR count). The van der Waals surface area contributed by atoms with Gasteiger partial charge < -0.3 is 9.88 Å². The standard InChI is InChI=1S/C20H29N5O3S2/c1-4-6-7-8-13-21-30(27,28)18-11-9-17(10-12-18)22-19(26)15-29-20-24-23-16(3)25(20)14-5-2/h5,9-12,21H,2,4,6-8,13-15H2,1,3H3,(H,22,26). The van der Waals surface area contributed by atoms with Gasteiger partial charge in [-0.25, -0.2) is 13.1 Å². The first-order valence-electron chi connectivity index (χ1n) is 9.90. The van der Waals surface area contributed by atoms with E-state index in [0.29, 0.717) is 23.9 Å². The lowest BCUT2D eigenvalue weighted by molar-refractivity contribution is -0.113. The summed E-state index contributed by atoms with van der Waals surface area (Å²) in [5.74, 6) is 0.707. The summed E-state index contributed by atoms with van der Waals surface area (Å²) < 4.78 is 29.1. The van der Waals surface area contributed by atoms with Crippen LogP contribution in [0.25, 0.3) is 0 Å². The normalized spacial score (nSPS) is 11.4. The quantitative estimate of drug-likeness (QED) is 0.275. The third-order valence-electron chi connectivity index (χ3n) is 4.32.